The number of nitrogens with one attached hydrogen (secondary N) is 1. The number of carbonyl (C=O) groups is 2. The van der Waals surface area contributed by atoms with Crippen molar-refractivity contribution in [1.29, 1.82) is 0 Å². The molecule has 0 spiro atoms. The zero-order chi connectivity index (χ0) is 19.2. The van der Waals surface area contributed by atoms with Crippen LogP contribution in [0.2, 0.25) is 10.0 Å². The van der Waals surface area contributed by atoms with Gasteiger partial charge in [-0.2, -0.15) is 0 Å². The Morgan fingerprint density at radius 2 is 1.48 bits per heavy atom. The summed E-state index contributed by atoms with van der Waals surface area (Å²) >= 11 is 12.0. The van der Waals surface area contributed by atoms with Gasteiger partial charge < -0.3 is 5.32 Å². The second-order valence-corrected chi connectivity index (χ2v) is 6.63. The third kappa shape index (κ3) is 4.88. The lowest BCUT2D eigenvalue weighted by molar-refractivity contribution is -0.134. The van der Waals surface area contributed by atoms with Crippen LogP contribution in [0.5, 0.6) is 0 Å². The van der Waals surface area contributed by atoms with Gasteiger partial charge in [0.25, 0.3) is 0 Å². The molecule has 1 N–H and O–H groups in total. The largest absolute Gasteiger partial charge is 0.316 e. The lowest BCUT2D eigenvalue weighted by Crippen LogP contribution is -2.39. The Kier molecular flexibility index (Phi) is 6.12. The van der Waals surface area contributed by atoms with Crippen LogP contribution >= 0.6 is 23.2 Å². The van der Waals surface area contributed by atoms with Gasteiger partial charge in [0.05, 0.1) is 17.3 Å². The van der Waals surface area contributed by atoms with Gasteiger partial charge in [0.1, 0.15) is 0 Å². The van der Waals surface area contributed by atoms with Crippen molar-refractivity contribution >= 4 is 46.4 Å². The first kappa shape index (κ1) is 19.0. The second kappa shape index (κ2) is 8.71. The number of nitrogens with zero attached hydrogens (tertiary/aromatic N) is 1. The van der Waals surface area contributed by atoms with Crippen LogP contribution < -0.4 is 10.2 Å². The third-order valence-electron chi connectivity index (χ3n) is 3.87. The van der Waals surface area contributed by atoms with Gasteiger partial charge in [0, 0.05) is 10.7 Å². The summed E-state index contributed by atoms with van der Waals surface area (Å²) in [7, 11) is 0. The van der Waals surface area contributed by atoms with Crippen molar-refractivity contribution in [2.75, 3.05) is 10.2 Å². The van der Waals surface area contributed by atoms with Gasteiger partial charge in [-0.25, -0.2) is 0 Å². The molecule has 0 saturated carbocycles. The maximum Gasteiger partial charge on any atom is 0.316 e. The van der Waals surface area contributed by atoms with Crippen molar-refractivity contribution in [1.82, 2.24) is 0 Å². The highest BCUT2D eigenvalue weighted by atomic mass is 35.5. The lowest BCUT2D eigenvalue weighted by Gasteiger charge is -2.22. The van der Waals surface area contributed by atoms with E-state index >= 15 is 0 Å². The van der Waals surface area contributed by atoms with Crippen LogP contribution in [0, 0.1) is 0 Å². The fourth-order valence-corrected chi connectivity index (χ4v) is 2.88. The van der Waals surface area contributed by atoms with E-state index in [4.69, 9.17) is 23.2 Å². The normalized spacial score (nSPS) is 10.3. The standard InChI is InChI=1S/C21H16Cl2N2O2/c22-16-11-12-18(23)19(13-16)24-20(26)21(27)25(17-9-5-2-6-10-17)14-15-7-3-1-4-8-15/h1-13H,14H2,(H,24,26). The molecule has 4 nitrogen and oxygen atoms in total. The van der Waals surface area contributed by atoms with E-state index in [-0.39, 0.29) is 12.2 Å². The molecule has 136 valence electrons. The van der Waals surface area contributed by atoms with Gasteiger partial charge in [0.2, 0.25) is 0 Å². The predicted molar refractivity (Wildman–Crippen MR) is 109 cm³/mol. The Labute approximate surface area is 167 Å². The number of hydrogen-bond donors (Lipinski definition) is 1. The average Bonchev–Trinajstić information content (AvgIpc) is 2.70. The maximum absolute atomic E-state index is 12.9. The highest BCUT2D eigenvalue weighted by Gasteiger charge is 2.24. The number of hydrogen-bond acceptors (Lipinski definition) is 2. The van der Waals surface area contributed by atoms with E-state index in [1.54, 1.807) is 24.3 Å². The van der Waals surface area contributed by atoms with Gasteiger partial charge in [0.15, 0.2) is 0 Å². The third-order valence-corrected chi connectivity index (χ3v) is 4.43. The molecule has 0 aliphatic carbocycles. The topological polar surface area (TPSA) is 49.4 Å². The van der Waals surface area contributed by atoms with Crippen LogP contribution in [0.25, 0.3) is 0 Å². The summed E-state index contributed by atoms with van der Waals surface area (Å²) in [4.78, 5) is 26.9. The molecule has 0 saturated heterocycles. The van der Waals surface area contributed by atoms with Gasteiger partial charge in [-0.05, 0) is 35.9 Å². The van der Waals surface area contributed by atoms with E-state index < -0.39 is 11.8 Å². The van der Waals surface area contributed by atoms with Crippen molar-refractivity contribution in [3.63, 3.8) is 0 Å². The molecular formula is C21H16Cl2N2O2. The predicted octanol–water partition coefficient (Wildman–Crippen LogP) is 5.17. The van der Waals surface area contributed by atoms with Gasteiger partial charge in [-0.1, -0.05) is 71.7 Å². The molecule has 0 aromatic heterocycles. The van der Waals surface area contributed by atoms with E-state index in [0.717, 1.165) is 5.56 Å². The van der Waals surface area contributed by atoms with Crippen LogP contribution in [0.3, 0.4) is 0 Å². The first-order chi connectivity index (χ1) is 13.0. The lowest BCUT2D eigenvalue weighted by atomic mass is 10.2. The van der Waals surface area contributed by atoms with Crippen LogP contribution in [0.4, 0.5) is 11.4 Å². The molecule has 0 atom stereocenters. The summed E-state index contributed by atoms with van der Waals surface area (Å²) < 4.78 is 0. The van der Waals surface area contributed by atoms with Crippen LogP contribution in [-0.4, -0.2) is 11.8 Å². The Balaban J connectivity index is 1.86. The maximum atomic E-state index is 12.9. The van der Waals surface area contributed by atoms with E-state index in [1.165, 1.54) is 11.0 Å². The van der Waals surface area contributed by atoms with Crippen LogP contribution in [0.1, 0.15) is 5.56 Å². The Morgan fingerprint density at radius 1 is 0.852 bits per heavy atom. The fourth-order valence-electron chi connectivity index (χ4n) is 2.55. The summed E-state index contributed by atoms with van der Waals surface area (Å²) in [6.07, 6.45) is 0. The molecule has 2 amide bonds. The fraction of sp³-hybridized carbons (Fsp3) is 0.0476. The molecular weight excluding hydrogens is 383 g/mol. The summed E-state index contributed by atoms with van der Waals surface area (Å²) in [6, 6.07) is 23.1. The van der Waals surface area contributed by atoms with E-state index in [9.17, 15) is 9.59 Å². The molecule has 27 heavy (non-hydrogen) atoms. The smallest absolute Gasteiger partial charge is 0.316 e. The SMILES string of the molecule is O=C(Nc1cc(Cl)ccc1Cl)C(=O)N(Cc1ccccc1)c1ccccc1. The highest BCUT2D eigenvalue weighted by Crippen LogP contribution is 2.26. The molecule has 0 bridgehead atoms. The number of anilines is 2. The van der Waals surface area contributed by atoms with Crippen molar-refractivity contribution in [3.05, 3.63) is 94.5 Å². The van der Waals surface area contributed by atoms with Gasteiger partial charge in [-0.15, -0.1) is 0 Å². The van der Waals surface area contributed by atoms with Crippen molar-refractivity contribution in [3.8, 4) is 0 Å². The molecule has 3 rings (SSSR count). The Bertz CT molecular complexity index is 947. The first-order valence-electron chi connectivity index (χ1n) is 8.21. The monoisotopic (exact) mass is 398 g/mol. The molecule has 0 fully saturated rings. The average molecular weight is 399 g/mol. The Hall–Kier alpha value is -2.82. The van der Waals surface area contributed by atoms with Crippen molar-refractivity contribution in [2.45, 2.75) is 6.54 Å². The zero-order valence-corrected chi connectivity index (χ0v) is 15.7. The number of benzene rings is 3. The van der Waals surface area contributed by atoms with Crippen LogP contribution in [-0.2, 0) is 16.1 Å². The minimum atomic E-state index is -0.793. The number of carbonyl (C=O) groups excluding carboxylic acids is 2. The molecule has 3 aromatic rings. The van der Waals surface area contributed by atoms with Gasteiger partial charge >= 0.3 is 11.8 Å². The molecule has 0 aliphatic rings. The summed E-state index contributed by atoms with van der Waals surface area (Å²) in [5.74, 6) is -1.49. The summed E-state index contributed by atoms with van der Waals surface area (Å²) in [5, 5.41) is 3.25. The molecule has 0 unspecified atom stereocenters. The Morgan fingerprint density at radius 3 is 2.15 bits per heavy atom. The number of amides is 2. The number of rotatable bonds is 4. The van der Waals surface area contributed by atoms with Crippen molar-refractivity contribution < 1.29 is 9.59 Å². The van der Waals surface area contributed by atoms with E-state index in [0.29, 0.717) is 15.7 Å². The minimum absolute atomic E-state index is 0.264. The van der Waals surface area contributed by atoms with Gasteiger partial charge in [-0.3, -0.25) is 14.5 Å². The van der Waals surface area contributed by atoms with E-state index in [2.05, 4.69) is 5.32 Å². The highest BCUT2D eigenvalue weighted by molar-refractivity contribution is 6.45. The van der Waals surface area contributed by atoms with E-state index in [1.807, 2.05) is 48.5 Å². The molecule has 6 heteroatoms. The molecule has 0 heterocycles. The number of para-hydroxylation sites is 1. The quantitative estimate of drug-likeness (QED) is 0.616. The first-order valence-corrected chi connectivity index (χ1v) is 8.97. The summed E-state index contributed by atoms with van der Waals surface area (Å²) in [6.45, 7) is 0.264. The van der Waals surface area contributed by atoms with Crippen molar-refractivity contribution in [2.24, 2.45) is 0 Å². The number of halogens is 2. The molecule has 0 radical (unpaired) electrons. The summed E-state index contributed by atoms with van der Waals surface area (Å²) in [5.41, 5.74) is 1.82. The molecule has 0 aliphatic heterocycles. The molecule has 3 aromatic carbocycles. The second-order valence-electron chi connectivity index (χ2n) is 5.79. The zero-order valence-electron chi connectivity index (χ0n) is 14.2. The van der Waals surface area contributed by atoms with Crippen LogP contribution in [0.15, 0.2) is 78.9 Å². The minimum Gasteiger partial charge on any atom is -0.316 e.